The quantitative estimate of drug-likeness (QED) is 0.0377. The van der Waals surface area contributed by atoms with Crippen molar-refractivity contribution in [2.24, 2.45) is 11.6 Å². The number of amides is 6. The van der Waals surface area contributed by atoms with Gasteiger partial charge in [0.05, 0.1) is 41.5 Å². The van der Waals surface area contributed by atoms with Crippen LogP contribution in [0, 0.1) is 17.0 Å². The number of carboxylic acid groups (broad SMARTS) is 1. The summed E-state index contributed by atoms with van der Waals surface area (Å²) >= 11 is 0. The van der Waals surface area contributed by atoms with Crippen molar-refractivity contribution < 1.29 is 33.1 Å². The molecule has 0 spiro atoms. The lowest BCUT2D eigenvalue weighted by molar-refractivity contribution is -0.134. The minimum absolute atomic E-state index is 0.197. The molecule has 0 aliphatic carbocycles. The second-order valence-corrected chi connectivity index (χ2v) is 14.3. The van der Waals surface area contributed by atoms with Crippen LogP contribution in [0.4, 0.5) is 40.2 Å². The maximum absolute atomic E-state index is 14.5. The van der Waals surface area contributed by atoms with Gasteiger partial charge in [-0.05, 0) is 62.1 Å². The first kappa shape index (κ1) is 46.7. The molecule has 0 atom stereocenters. The van der Waals surface area contributed by atoms with Crippen molar-refractivity contribution in [3.63, 3.8) is 0 Å². The van der Waals surface area contributed by atoms with Crippen LogP contribution < -0.4 is 38.6 Å². The highest BCUT2D eigenvalue weighted by atomic mass is 19.1. The molecule has 5 aromatic heterocycles. The van der Waals surface area contributed by atoms with E-state index in [1.54, 1.807) is 49.5 Å². The summed E-state index contributed by atoms with van der Waals surface area (Å²) < 4.78 is 33.4. The van der Waals surface area contributed by atoms with Crippen LogP contribution >= 0.6 is 0 Å². The van der Waals surface area contributed by atoms with Crippen molar-refractivity contribution in [3.8, 4) is 28.2 Å². The Labute approximate surface area is 372 Å². The van der Waals surface area contributed by atoms with Gasteiger partial charge in [-0.1, -0.05) is 0 Å². The Balaban J connectivity index is 0.000000192. The van der Waals surface area contributed by atoms with Crippen LogP contribution in [0.1, 0.15) is 32.6 Å². The van der Waals surface area contributed by atoms with Crippen LogP contribution in [0.15, 0.2) is 84.7 Å². The summed E-state index contributed by atoms with van der Waals surface area (Å²) in [5.74, 6) is 3.93. The average Bonchev–Trinajstić information content (AvgIpc) is 4.16. The lowest BCUT2D eigenvalue weighted by Crippen LogP contribution is -2.34. The predicted molar refractivity (Wildman–Crippen MR) is 237 cm³/mol. The van der Waals surface area contributed by atoms with Crippen molar-refractivity contribution in [2.45, 2.75) is 32.6 Å². The Hall–Kier alpha value is -8.81. The van der Waals surface area contributed by atoms with Gasteiger partial charge >= 0.3 is 23.8 Å². The molecule has 7 aromatic rings. The number of benzene rings is 2. The molecule has 0 saturated carbocycles. The number of aliphatic carboxylic acids is 1. The number of anilines is 3. The van der Waals surface area contributed by atoms with Crippen LogP contribution in [0.3, 0.4) is 0 Å². The number of rotatable bonds is 6. The van der Waals surface area contributed by atoms with Gasteiger partial charge in [-0.3, -0.25) is 24.4 Å². The van der Waals surface area contributed by atoms with E-state index in [4.69, 9.17) is 21.2 Å². The Morgan fingerprint density at radius 3 is 1.68 bits per heavy atom. The summed E-state index contributed by atoms with van der Waals surface area (Å²) in [6, 6.07) is 7.69. The number of likely N-dealkylation sites (tertiary alicyclic amines) is 2. The molecule has 2 saturated heterocycles. The lowest BCUT2D eigenvalue weighted by atomic mass is 10.1. The molecule has 0 radical (unpaired) electrons. The third kappa shape index (κ3) is 11.8. The van der Waals surface area contributed by atoms with E-state index >= 15 is 0 Å². The third-order valence-electron chi connectivity index (χ3n) is 9.60. The number of H-pyrrole nitrogens is 1. The van der Waals surface area contributed by atoms with Crippen molar-refractivity contribution in [1.29, 1.82) is 5.41 Å². The highest BCUT2D eigenvalue weighted by molar-refractivity contribution is 5.91. The molecule has 11 N–H and O–H groups in total. The summed E-state index contributed by atoms with van der Waals surface area (Å²) in [4.78, 5) is 77.2. The highest BCUT2D eigenvalue weighted by Gasteiger charge is 2.21. The lowest BCUT2D eigenvalue weighted by Gasteiger charge is -2.16. The summed E-state index contributed by atoms with van der Waals surface area (Å²) in [6.45, 7) is 3.97. The van der Waals surface area contributed by atoms with E-state index in [0.717, 1.165) is 65.1 Å². The Morgan fingerprint density at radius 2 is 1.23 bits per heavy atom. The molecule has 26 heteroatoms. The number of fused-ring (bicyclic) bond motifs is 2. The zero-order chi connectivity index (χ0) is 47.3. The molecular weight excluding hydrogens is 867 g/mol. The van der Waals surface area contributed by atoms with Gasteiger partial charge < -0.3 is 36.6 Å². The maximum Gasteiger partial charge on any atom is 0.347 e. The second-order valence-electron chi connectivity index (χ2n) is 14.3. The fraction of sp³-hybridized carbons (Fsp3) is 0.225. The van der Waals surface area contributed by atoms with Crippen LogP contribution in [0.5, 0.6) is 0 Å². The molecule has 2 aromatic carbocycles. The summed E-state index contributed by atoms with van der Waals surface area (Å²) in [6.07, 6.45) is 15.3. The first-order valence-electron chi connectivity index (χ1n) is 20.0. The van der Waals surface area contributed by atoms with Crippen molar-refractivity contribution in [2.75, 3.05) is 42.1 Å². The largest absolute Gasteiger partial charge is 0.481 e. The SMILES string of the molecule is CC(=O)O.N=CN.NNC(=O)Nc1cnc2nc(-c3cc(NC(=O)N4CCCC4)ccc3F)cn2c1.O=C(Nc1ccc(F)c(-c2cn3cc(-n4cn[nH]c4=O)cnc3n2)c1)N1CCCC1. The van der Waals surface area contributed by atoms with Gasteiger partial charge in [0, 0.05) is 80.4 Å². The second kappa shape index (κ2) is 21.5. The molecular formula is C40H44F2N18O6. The zero-order valence-electron chi connectivity index (χ0n) is 35.1. The molecule has 2 aliphatic heterocycles. The zero-order valence-corrected chi connectivity index (χ0v) is 35.1. The number of nitrogens with one attached hydrogen (secondary N) is 6. The van der Waals surface area contributed by atoms with E-state index in [1.807, 2.05) is 5.43 Å². The monoisotopic (exact) mass is 910 g/mol. The van der Waals surface area contributed by atoms with Crippen molar-refractivity contribution in [3.05, 3.63) is 102 Å². The molecule has 6 amide bonds. The third-order valence-corrected chi connectivity index (χ3v) is 9.60. The molecule has 344 valence electrons. The number of carboxylic acids is 1. The van der Waals surface area contributed by atoms with Crippen LogP contribution in [-0.4, -0.2) is 115 Å². The van der Waals surface area contributed by atoms with Gasteiger partial charge in [-0.2, -0.15) is 5.10 Å². The van der Waals surface area contributed by atoms with E-state index < -0.39 is 29.3 Å². The summed E-state index contributed by atoms with van der Waals surface area (Å²) in [5, 5.41) is 27.4. The van der Waals surface area contributed by atoms with Gasteiger partial charge in [0.15, 0.2) is 0 Å². The number of hydrogen-bond acceptors (Lipinski definition) is 12. The van der Waals surface area contributed by atoms with Gasteiger partial charge in [0.2, 0.25) is 11.6 Å². The number of aromatic amines is 1. The number of urea groups is 3. The molecule has 66 heavy (non-hydrogen) atoms. The van der Waals surface area contributed by atoms with Gasteiger partial charge in [0.1, 0.15) is 18.0 Å². The first-order chi connectivity index (χ1) is 31.8. The van der Waals surface area contributed by atoms with Gasteiger partial charge in [-0.15, -0.1) is 0 Å². The molecule has 2 aliphatic rings. The number of nitrogens with zero attached hydrogens (tertiary/aromatic N) is 10. The fourth-order valence-electron chi connectivity index (χ4n) is 6.65. The Kier molecular flexibility index (Phi) is 15.2. The van der Waals surface area contributed by atoms with Crippen LogP contribution in [0.25, 0.3) is 39.8 Å². The number of nitrogens with two attached hydrogens (primary N) is 2. The number of imidazole rings is 2. The predicted octanol–water partition coefficient (Wildman–Crippen LogP) is 3.84. The smallest absolute Gasteiger partial charge is 0.347 e. The van der Waals surface area contributed by atoms with E-state index in [-0.39, 0.29) is 23.2 Å². The molecule has 0 bridgehead atoms. The van der Waals surface area contributed by atoms with Crippen molar-refractivity contribution in [1.82, 2.24) is 58.7 Å². The number of aromatic nitrogens is 9. The van der Waals surface area contributed by atoms with Crippen molar-refractivity contribution >= 4 is 59.0 Å². The Morgan fingerprint density at radius 1 is 0.758 bits per heavy atom. The number of hydrazine groups is 1. The molecule has 24 nitrogen and oxygen atoms in total. The number of halogens is 2. The molecule has 9 rings (SSSR count). The van der Waals surface area contributed by atoms with Gasteiger partial charge in [0.25, 0.3) is 5.97 Å². The molecule has 0 unspecified atom stereocenters. The summed E-state index contributed by atoms with van der Waals surface area (Å²) in [7, 11) is 0. The maximum atomic E-state index is 14.5. The van der Waals surface area contributed by atoms with Crippen LogP contribution in [0.2, 0.25) is 0 Å². The van der Waals surface area contributed by atoms with E-state index in [0.29, 0.717) is 45.7 Å². The number of carbonyl (C=O) groups is 4. The topological polar surface area (TPSA) is 330 Å². The minimum Gasteiger partial charge on any atom is -0.481 e. The van der Waals surface area contributed by atoms with Crippen LogP contribution in [-0.2, 0) is 4.79 Å². The molecule has 2 fully saturated rings. The van der Waals surface area contributed by atoms with Gasteiger partial charge in [-0.25, -0.2) is 63.4 Å². The van der Waals surface area contributed by atoms with E-state index in [2.05, 4.69) is 51.8 Å². The summed E-state index contributed by atoms with van der Waals surface area (Å²) in [5.41, 5.74) is 8.93. The van der Waals surface area contributed by atoms with E-state index in [1.165, 1.54) is 53.6 Å². The van der Waals surface area contributed by atoms with E-state index in [9.17, 15) is 28.0 Å². The molecule has 7 heterocycles. The fourth-order valence-corrected chi connectivity index (χ4v) is 6.65. The highest BCUT2D eigenvalue weighted by Crippen LogP contribution is 2.28. The normalized spacial score (nSPS) is 12.8. The Bertz CT molecular complexity index is 2920. The minimum atomic E-state index is -0.833. The number of carbonyl (C=O) groups excluding carboxylic acids is 3. The first-order valence-corrected chi connectivity index (χ1v) is 20.0. The number of hydrogen-bond donors (Lipinski definition) is 9. The average molecular weight is 911 g/mol. The standard InChI is InChI=1S/C19H17FN8O2.C18H19FN8O2.C2H4O2.CH4N2/c20-15-4-3-12(23-18(29)26-5-1-2-6-26)7-14(15)16-10-27-9-13(8-21-17(27)24-16)28-11-22-25-19(28)30;19-14-4-3-11(23-18(29)26-5-1-2-6-26)7-13(14)15-10-27-9-12(22-17(28)25-20)8-21-16(27)24-15;1-2(3)4;2-1-3/h3-4,7-11H,1-2,5-6H2,(H,23,29)(H,25,30);3-4,7-10H,1-2,5-6,20H2,(H,23,29)(H2,22,25,28);1H3,(H,3,4);1H,(H3,2,3).